The predicted octanol–water partition coefficient (Wildman–Crippen LogP) is 4.05. The van der Waals surface area contributed by atoms with E-state index in [0.717, 1.165) is 31.2 Å². The highest BCUT2D eigenvalue weighted by Crippen LogP contribution is 2.67. The van der Waals surface area contributed by atoms with Gasteiger partial charge in [-0.15, -0.1) is 24.9 Å². The average Bonchev–Trinajstić information content (AvgIpc) is 3.59. The lowest BCUT2D eigenvalue weighted by molar-refractivity contribution is -0.147. The van der Waals surface area contributed by atoms with Crippen LogP contribution < -0.4 is 0 Å². The molecule has 3 heterocycles. The average molecular weight is 554 g/mol. The lowest BCUT2D eigenvalue weighted by Crippen LogP contribution is -2.56. The molecule has 4 rings (SSSR count). The first-order chi connectivity index (χ1) is 18.9. The second-order valence-corrected chi connectivity index (χ2v) is 12.5. The lowest BCUT2D eigenvalue weighted by atomic mass is 9.70. The molecule has 1 spiro atoms. The van der Waals surface area contributed by atoms with Gasteiger partial charge in [0.15, 0.2) is 0 Å². The second kappa shape index (κ2) is 12.7. The molecule has 3 fully saturated rings. The molecule has 2 unspecified atom stereocenters. The van der Waals surface area contributed by atoms with Crippen molar-refractivity contribution in [2.24, 2.45) is 11.8 Å². The van der Waals surface area contributed by atoms with E-state index in [2.05, 4.69) is 20.1 Å². The number of hydrogen-bond donors (Lipinski definition) is 1. The molecule has 0 saturated carbocycles. The van der Waals surface area contributed by atoms with Crippen molar-refractivity contribution in [1.29, 1.82) is 0 Å². The lowest BCUT2D eigenvalue weighted by Gasteiger charge is -2.39. The first-order valence-electron chi connectivity index (χ1n) is 14.3. The molecule has 3 saturated heterocycles. The third-order valence-electron chi connectivity index (χ3n) is 8.55. The van der Waals surface area contributed by atoms with E-state index in [9.17, 15) is 19.5 Å². The van der Waals surface area contributed by atoms with Crippen LogP contribution in [0.4, 0.5) is 0 Å². The number of rotatable bonds is 14. The summed E-state index contributed by atoms with van der Waals surface area (Å²) in [6, 6.07) is 8.01. The molecular weight excluding hydrogens is 510 g/mol. The first kappa shape index (κ1) is 29.4. The number of fused-ring (bicyclic) bond motifs is 1. The highest BCUT2D eigenvalue weighted by molar-refractivity contribution is 8.02. The Kier molecular flexibility index (Phi) is 9.60. The van der Waals surface area contributed by atoms with E-state index < -0.39 is 28.7 Å². The molecule has 2 bridgehead atoms. The summed E-state index contributed by atoms with van der Waals surface area (Å²) in [6.45, 7) is 13.5. The molecule has 39 heavy (non-hydrogen) atoms. The van der Waals surface area contributed by atoms with Crippen LogP contribution in [-0.4, -0.2) is 86.4 Å². The molecule has 1 aromatic carbocycles. The van der Waals surface area contributed by atoms with Gasteiger partial charge in [0.05, 0.1) is 29.2 Å². The minimum absolute atomic E-state index is 0.000805. The summed E-state index contributed by atoms with van der Waals surface area (Å²) >= 11 is 1.68. The summed E-state index contributed by atoms with van der Waals surface area (Å²) in [5, 5.41) is 10.6. The number of carbonyl (C=O) groups excluding carboxylic acids is 3. The monoisotopic (exact) mass is 553 g/mol. The van der Waals surface area contributed by atoms with E-state index in [1.165, 1.54) is 0 Å². The number of aliphatic hydroxyl groups excluding tert-OH is 1. The Labute approximate surface area is 237 Å². The normalized spacial score (nSPS) is 27.8. The van der Waals surface area contributed by atoms with Gasteiger partial charge in [-0.1, -0.05) is 62.8 Å². The zero-order valence-corrected chi connectivity index (χ0v) is 24.2. The van der Waals surface area contributed by atoms with Crippen LogP contribution in [0.15, 0.2) is 55.6 Å². The number of amides is 3. The van der Waals surface area contributed by atoms with Crippen molar-refractivity contribution in [2.75, 3.05) is 32.8 Å². The maximum Gasteiger partial charge on any atom is 0.247 e. The van der Waals surface area contributed by atoms with Gasteiger partial charge in [0.2, 0.25) is 17.7 Å². The van der Waals surface area contributed by atoms with Crippen LogP contribution in [0.2, 0.25) is 0 Å². The number of hydrogen-bond acceptors (Lipinski definition) is 5. The Balaban J connectivity index is 1.81. The van der Waals surface area contributed by atoms with E-state index in [4.69, 9.17) is 0 Å². The summed E-state index contributed by atoms with van der Waals surface area (Å²) in [5.41, 5.74) is 0.785. The van der Waals surface area contributed by atoms with Crippen LogP contribution in [0.5, 0.6) is 0 Å². The summed E-state index contributed by atoms with van der Waals surface area (Å²) in [4.78, 5) is 48.3. The van der Waals surface area contributed by atoms with Gasteiger partial charge in [-0.25, -0.2) is 0 Å². The maximum atomic E-state index is 14.5. The van der Waals surface area contributed by atoms with Crippen molar-refractivity contribution in [3.05, 3.63) is 61.2 Å². The Hall–Kier alpha value is -2.58. The number of aliphatic hydroxyl groups is 1. The molecule has 8 heteroatoms. The summed E-state index contributed by atoms with van der Waals surface area (Å²) in [5.74, 6) is -1.39. The van der Waals surface area contributed by atoms with Crippen molar-refractivity contribution in [3.63, 3.8) is 0 Å². The minimum Gasteiger partial charge on any atom is -0.394 e. The third kappa shape index (κ3) is 5.18. The molecule has 0 radical (unpaired) electrons. The molecule has 0 aliphatic carbocycles. The number of likely N-dealkylation sites (tertiary alicyclic amines) is 1. The first-order valence-corrected chi connectivity index (χ1v) is 15.2. The molecule has 3 aliphatic rings. The summed E-state index contributed by atoms with van der Waals surface area (Å²) in [7, 11) is 0. The molecule has 3 amide bonds. The van der Waals surface area contributed by atoms with E-state index in [1.807, 2.05) is 47.1 Å². The van der Waals surface area contributed by atoms with Gasteiger partial charge in [0.25, 0.3) is 0 Å². The SMILES string of the molecule is C=CCN(CCCC)C(=O)C1N([C@H](CO)c2ccccc2)C(=O)[C@@H]2[C@H](C(=O)N(CC=C)CCC)[C@@H]3CCC12S3. The van der Waals surface area contributed by atoms with Gasteiger partial charge in [-0.2, -0.15) is 0 Å². The van der Waals surface area contributed by atoms with Crippen LogP contribution in [0.25, 0.3) is 0 Å². The largest absolute Gasteiger partial charge is 0.394 e. The minimum atomic E-state index is -0.754. The van der Waals surface area contributed by atoms with Crippen molar-refractivity contribution >= 4 is 29.5 Å². The highest BCUT2D eigenvalue weighted by Gasteiger charge is 2.74. The zero-order valence-electron chi connectivity index (χ0n) is 23.3. The quantitative estimate of drug-likeness (QED) is 0.352. The number of benzene rings is 1. The zero-order chi connectivity index (χ0) is 28.2. The summed E-state index contributed by atoms with van der Waals surface area (Å²) in [6.07, 6.45) is 7.56. The fourth-order valence-corrected chi connectivity index (χ4v) is 9.11. The van der Waals surface area contributed by atoms with Gasteiger partial charge in [-0.3, -0.25) is 14.4 Å². The fraction of sp³-hybridized carbons (Fsp3) is 0.581. The van der Waals surface area contributed by atoms with E-state index in [0.29, 0.717) is 32.6 Å². The molecule has 0 aromatic heterocycles. The van der Waals surface area contributed by atoms with Crippen LogP contribution >= 0.6 is 11.8 Å². The van der Waals surface area contributed by atoms with E-state index >= 15 is 0 Å². The van der Waals surface area contributed by atoms with Crippen LogP contribution in [0, 0.1) is 11.8 Å². The number of nitrogens with zero attached hydrogens (tertiary/aromatic N) is 3. The van der Waals surface area contributed by atoms with Crippen LogP contribution in [-0.2, 0) is 14.4 Å². The van der Waals surface area contributed by atoms with Crippen molar-refractivity contribution in [3.8, 4) is 0 Å². The third-order valence-corrected chi connectivity index (χ3v) is 10.5. The molecule has 1 aromatic rings. The molecule has 6 atom stereocenters. The van der Waals surface area contributed by atoms with Crippen LogP contribution in [0.1, 0.15) is 57.6 Å². The van der Waals surface area contributed by atoms with Gasteiger partial charge in [0.1, 0.15) is 6.04 Å². The number of carbonyl (C=O) groups is 3. The van der Waals surface area contributed by atoms with Crippen molar-refractivity contribution in [1.82, 2.24) is 14.7 Å². The molecule has 212 valence electrons. The standard InChI is InChI=1S/C31H43N3O4S/c1-5-9-20-33(19-8-4)30(38)27-31-16-15-24(39-31)25(28(36)32(17-6-2)18-7-3)26(31)29(37)34(27)23(21-35)22-13-11-10-12-14-22/h6,8,10-14,23-27,35H,2,4-5,7,9,15-21H2,1,3H3/t23-,24+,25-,26+,27?,31?/m1/s1. The van der Waals surface area contributed by atoms with E-state index in [1.54, 1.807) is 28.8 Å². The number of unbranched alkanes of at least 4 members (excludes halogenated alkanes) is 1. The second-order valence-electron chi connectivity index (χ2n) is 10.9. The Bertz CT molecular complexity index is 1070. The Morgan fingerprint density at radius 2 is 1.77 bits per heavy atom. The van der Waals surface area contributed by atoms with Crippen molar-refractivity contribution < 1.29 is 19.5 Å². The van der Waals surface area contributed by atoms with Crippen molar-refractivity contribution in [2.45, 2.75) is 68.0 Å². The molecule has 1 N–H and O–H groups in total. The molecule has 3 aliphatic heterocycles. The Morgan fingerprint density at radius 3 is 2.36 bits per heavy atom. The van der Waals surface area contributed by atoms with Crippen LogP contribution in [0.3, 0.4) is 0 Å². The van der Waals surface area contributed by atoms with Gasteiger partial charge in [0, 0.05) is 31.4 Å². The smallest absolute Gasteiger partial charge is 0.247 e. The van der Waals surface area contributed by atoms with Gasteiger partial charge >= 0.3 is 0 Å². The topological polar surface area (TPSA) is 81.2 Å². The Morgan fingerprint density at radius 1 is 1.10 bits per heavy atom. The van der Waals surface area contributed by atoms with E-state index in [-0.39, 0.29) is 29.6 Å². The molecular formula is C31H43N3O4S. The van der Waals surface area contributed by atoms with Gasteiger partial charge < -0.3 is 19.8 Å². The number of thioether (sulfide) groups is 1. The highest BCUT2D eigenvalue weighted by atomic mass is 32.2. The molecule has 7 nitrogen and oxygen atoms in total. The predicted molar refractivity (Wildman–Crippen MR) is 156 cm³/mol. The van der Waals surface area contributed by atoms with Gasteiger partial charge in [-0.05, 0) is 31.2 Å². The maximum absolute atomic E-state index is 14.5. The summed E-state index contributed by atoms with van der Waals surface area (Å²) < 4.78 is -0.695. The fourth-order valence-electron chi connectivity index (χ4n) is 6.91.